The highest BCUT2D eigenvalue weighted by molar-refractivity contribution is 6.04. The first-order valence-corrected chi connectivity index (χ1v) is 7.86. The minimum absolute atomic E-state index is 0.245. The molecule has 2 aromatic heterocycles. The molecular formula is C18H16FN5. The van der Waals surface area contributed by atoms with Crippen LogP contribution in [0.4, 0.5) is 10.3 Å². The van der Waals surface area contributed by atoms with E-state index in [2.05, 4.69) is 38.1 Å². The fraction of sp³-hybridized carbons (Fsp3) is 0.167. The Kier molecular flexibility index (Phi) is 3.57. The second-order valence-electron chi connectivity index (χ2n) is 5.55. The summed E-state index contributed by atoms with van der Waals surface area (Å²) in [4.78, 5) is 4.62. The Hall–Kier alpha value is -3.02. The zero-order valence-electron chi connectivity index (χ0n) is 13.2. The Morgan fingerprint density at radius 2 is 1.83 bits per heavy atom. The van der Waals surface area contributed by atoms with Gasteiger partial charge in [0, 0.05) is 18.5 Å². The van der Waals surface area contributed by atoms with Gasteiger partial charge in [-0.15, -0.1) is 10.2 Å². The number of aryl methyl sites for hydroxylation is 1. The Bertz CT molecular complexity index is 1010. The largest absolute Gasteiger partial charge is 0.349 e. The molecule has 0 saturated heterocycles. The van der Waals surface area contributed by atoms with E-state index in [1.807, 2.05) is 18.2 Å². The zero-order chi connectivity index (χ0) is 16.5. The zero-order valence-corrected chi connectivity index (χ0v) is 13.2. The van der Waals surface area contributed by atoms with Gasteiger partial charge in [0.25, 0.3) is 0 Å². The number of nitrogens with one attached hydrogen (secondary N) is 1. The van der Waals surface area contributed by atoms with E-state index in [9.17, 15) is 4.39 Å². The van der Waals surface area contributed by atoms with Gasteiger partial charge >= 0.3 is 0 Å². The van der Waals surface area contributed by atoms with Crippen molar-refractivity contribution in [2.24, 2.45) is 0 Å². The summed E-state index contributed by atoms with van der Waals surface area (Å²) in [5.74, 6) is 0.217. The number of nitrogens with zero attached hydrogens (tertiary/aromatic N) is 4. The van der Waals surface area contributed by atoms with Crippen LogP contribution in [0.5, 0.6) is 0 Å². The fourth-order valence-corrected chi connectivity index (χ4v) is 2.88. The smallest absolute Gasteiger partial charge is 0.245 e. The van der Waals surface area contributed by atoms with Crippen LogP contribution in [0.3, 0.4) is 0 Å². The lowest BCUT2D eigenvalue weighted by molar-refractivity contribution is 0.627. The highest BCUT2D eigenvalue weighted by atomic mass is 19.1. The normalized spacial score (nSPS) is 11.2. The monoisotopic (exact) mass is 321 g/mol. The van der Waals surface area contributed by atoms with Crippen molar-refractivity contribution in [3.63, 3.8) is 0 Å². The molecule has 1 N–H and O–H groups in total. The number of benzene rings is 2. The van der Waals surface area contributed by atoms with Crippen molar-refractivity contribution < 1.29 is 4.39 Å². The van der Waals surface area contributed by atoms with Crippen LogP contribution in [-0.4, -0.2) is 19.7 Å². The van der Waals surface area contributed by atoms with Crippen LogP contribution in [0.2, 0.25) is 0 Å². The molecule has 0 radical (unpaired) electrons. The van der Waals surface area contributed by atoms with Crippen LogP contribution in [0.15, 0.2) is 48.5 Å². The van der Waals surface area contributed by atoms with E-state index in [-0.39, 0.29) is 5.82 Å². The Morgan fingerprint density at radius 3 is 2.62 bits per heavy atom. The van der Waals surface area contributed by atoms with Gasteiger partial charge < -0.3 is 9.88 Å². The summed E-state index contributed by atoms with van der Waals surface area (Å²) >= 11 is 0. The molecule has 24 heavy (non-hydrogen) atoms. The van der Waals surface area contributed by atoms with Gasteiger partial charge in [0.05, 0.1) is 5.52 Å². The second kappa shape index (κ2) is 5.88. The lowest BCUT2D eigenvalue weighted by Crippen LogP contribution is -2.06. The standard InChI is InChI=1S/C18H16FN5/c1-2-24-15-6-4-3-5-14(15)16-17(24)21-18(23-22-16)20-11-12-7-9-13(19)10-8-12/h3-10H,2,11H2,1H3,(H,20,21,23). The third kappa shape index (κ3) is 2.46. The number of halogens is 1. The molecule has 0 amide bonds. The quantitative estimate of drug-likeness (QED) is 0.622. The molecule has 0 saturated carbocycles. The van der Waals surface area contributed by atoms with Crippen LogP contribution in [0.1, 0.15) is 12.5 Å². The average molecular weight is 321 g/mol. The molecule has 5 nitrogen and oxygen atoms in total. The van der Waals surface area contributed by atoms with E-state index < -0.39 is 0 Å². The highest BCUT2D eigenvalue weighted by Crippen LogP contribution is 2.26. The number of hydrogen-bond acceptors (Lipinski definition) is 4. The maximum absolute atomic E-state index is 13.0. The molecule has 4 aromatic rings. The van der Waals surface area contributed by atoms with Crippen LogP contribution in [-0.2, 0) is 13.1 Å². The van der Waals surface area contributed by atoms with E-state index in [4.69, 9.17) is 0 Å². The lowest BCUT2D eigenvalue weighted by atomic mass is 10.2. The van der Waals surface area contributed by atoms with Gasteiger partial charge in [-0.2, -0.15) is 4.98 Å². The molecule has 2 aromatic carbocycles. The van der Waals surface area contributed by atoms with Crippen molar-refractivity contribution in [1.82, 2.24) is 19.7 Å². The van der Waals surface area contributed by atoms with Crippen LogP contribution >= 0.6 is 0 Å². The maximum Gasteiger partial charge on any atom is 0.245 e. The van der Waals surface area contributed by atoms with Crippen LogP contribution in [0.25, 0.3) is 22.1 Å². The molecule has 4 rings (SSSR count). The molecule has 6 heteroatoms. The molecule has 0 aliphatic heterocycles. The predicted octanol–water partition coefficient (Wildman–Crippen LogP) is 3.75. The molecule has 0 unspecified atom stereocenters. The number of hydrogen-bond donors (Lipinski definition) is 1. The van der Waals surface area contributed by atoms with Gasteiger partial charge in [0.2, 0.25) is 5.95 Å². The van der Waals surface area contributed by atoms with Gasteiger partial charge in [-0.05, 0) is 30.7 Å². The maximum atomic E-state index is 13.0. The molecular weight excluding hydrogens is 305 g/mol. The molecule has 0 spiro atoms. The molecule has 0 aliphatic rings. The summed E-state index contributed by atoms with van der Waals surface area (Å²) in [6.45, 7) is 3.40. The number of rotatable bonds is 4. The Labute approximate surface area is 138 Å². The highest BCUT2D eigenvalue weighted by Gasteiger charge is 2.13. The molecule has 0 atom stereocenters. The first kappa shape index (κ1) is 14.6. The number of aromatic nitrogens is 4. The van der Waals surface area contributed by atoms with Crippen molar-refractivity contribution in [3.05, 3.63) is 59.9 Å². The number of anilines is 1. The van der Waals surface area contributed by atoms with E-state index in [1.54, 1.807) is 12.1 Å². The first-order chi connectivity index (χ1) is 11.8. The Balaban J connectivity index is 1.70. The minimum Gasteiger partial charge on any atom is -0.349 e. The third-order valence-electron chi connectivity index (χ3n) is 4.05. The lowest BCUT2D eigenvalue weighted by Gasteiger charge is -2.05. The van der Waals surface area contributed by atoms with E-state index in [0.717, 1.165) is 34.2 Å². The Morgan fingerprint density at radius 1 is 1.04 bits per heavy atom. The SMILES string of the molecule is CCn1c2ccccc2c2nnc(NCc3ccc(F)cc3)nc21. The molecule has 120 valence electrons. The van der Waals surface area contributed by atoms with E-state index >= 15 is 0 Å². The third-order valence-corrected chi connectivity index (χ3v) is 4.05. The molecule has 2 heterocycles. The van der Waals surface area contributed by atoms with Crippen LogP contribution < -0.4 is 5.32 Å². The summed E-state index contributed by atoms with van der Waals surface area (Å²) < 4.78 is 15.1. The summed E-state index contributed by atoms with van der Waals surface area (Å²) in [6, 6.07) is 14.4. The van der Waals surface area contributed by atoms with Gasteiger partial charge in [-0.3, -0.25) is 0 Å². The van der Waals surface area contributed by atoms with Gasteiger partial charge in [-0.1, -0.05) is 30.3 Å². The summed E-state index contributed by atoms with van der Waals surface area (Å²) in [7, 11) is 0. The molecule has 0 fully saturated rings. The summed E-state index contributed by atoms with van der Waals surface area (Å²) in [6.07, 6.45) is 0. The molecule has 0 aliphatic carbocycles. The first-order valence-electron chi connectivity index (χ1n) is 7.86. The summed E-state index contributed by atoms with van der Waals surface area (Å²) in [5, 5.41) is 12.7. The summed E-state index contributed by atoms with van der Waals surface area (Å²) in [5.41, 5.74) is 3.68. The number of fused-ring (bicyclic) bond motifs is 3. The van der Waals surface area contributed by atoms with Gasteiger partial charge in [0.15, 0.2) is 5.65 Å². The molecule has 0 bridgehead atoms. The van der Waals surface area contributed by atoms with Crippen molar-refractivity contribution in [3.8, 4) is 0 Å². The van der Waals surface area contributed by atoms with E-state index in [0.29, 0.717) is 12.5 Å². The fourth-order valence-electron chi connectivity index (χ4n) is 2.88. The van der Waals surface area contributed by atoms with Gasteiger partial charge in [0.1, 0.15) is 11.3 Å². The topological polar surface area (TPSA) is 55.6 Å². The van der Waals surface area contributed by atoms with Crippen molar-refractivity contribution in [2.75, 3.05) is 5.32 Å². The van der Waals surface area contributed by atoms with Crippen molar-refractivity contribution in [1.29, 1.82) is 0 Å². The predicted molar refractivity (Wildman–Crippen MR) is 92.2 cm³/mol. The van der Waals surface area contributed by atoms with E-state index in [1.165, 1.54) is 12.1 Å². The second-order valence-corrected chi connectivity index (χ2v) is 5.55. The van der Waals surface area contributed by atoms with Crippen molar-refractivity contribution >= 4 is 28.0 Å². The average Bonchev–Trinajstić information content (AvgIpc) is 2.94. The van der Waals surface area contributed by atoms with Crippen LogP contribution in [0, 0.1) is 5.82 Å². The minimum atomic E-state index is -0.245. The number of para-hydroxylation sites is 1. The van der Waals surface area contributed by atoms with Gasteiger partial charge in [-0.25, -0.2) is 4.39 Å². The van der Waals surface area contributed by atoms with Crippen molar-refractivity contribution in [2.45, 2.75) is 20.0 Å².